The second kappa shape index (κ2) is 5.84. The van der Waals surface area contributed by atoms with E-state index in [4.69, 9.17) is 4.74 Å². The zero-order chi connectivity index (χ0) is 15.9. The highest BCUT2D eigenvalue weighted by atomic mass is 16.5. The minimum absolute atomic E-state index is 0.285. The van der Waals surface area contributed by atoms with Crippen molar-refractivity contribution in [1.82, 2.24) is 9.47 Å². The predicted octanol–water partition coefficient (Wildman–Crippen LogP) is 2.94. The third-order valence-electron chi connectivity index (χ3n) is 5.52. The summed E-state index contributed by atoms with van der Waals surface area (Å²) < 4.78 is 8.43. The van der Waals surface area contributed by atoms with E-state index in [-0.39, 0.29) is 6.10 Å². The maximum Gasteiger partial charge on any atom is 0.129 e. The number of aromatic nitrogens is 1. The van der Waals surface area contributed by atoms with E-state index < -0.39 is 5.60 Å². The van der Waals surface area contributed by atoms with Crippen LogP contribution in [-0.2, 0) is 7.05 Å². The Morgan fingerprint density at radius 2 is 2.00 bits per heavy atom. The molecule has 4 heteroatoms. The van der Waals surface area contributed by atoms with Gasteiger partial charge in [0.25, 0.3) is 0 Å². The summed E-state index contributed by atoms with van der Waals surface area (Å²) in [6.45, 7) is 2.89. The summed E-state index contributed by atoms with van der Waals surface area (Å²) in [4.78, 5) is 2.40. The highest BCUT2D eigenvalue weighted by Crippen LogP contribution is 2.33. The summed E-state index contributed by atoms with van der Waals surface area (Å²) in [5.41, 5.74) is 0.815. The van der Waals surface area contributed by atoms with Gasteiger partial charge in [-0.25, -0.2) is 0 Å². The number of benzene rings is 1. The molecular formula is C19H26N2O2. The molecule has 2 heterocycles. The molecule has 1 saturated heterocycles. The molecule has 4 rings (SSSR count). The second-order valence-electron chi connectivity index (χ2n) is 7.29. The monoisotopic (exact) mass is 314 g/mol. The van der Waals surface area contributed by atoms with Gasteiger partial charge in [0.1, 0.15) is 11.9 Å². The molecule has 23 heavy (non-hydrogen) atoms. The number of hydrogen-bond acceptors (Lipinski definition) is 3. The first-order valence-corrected chi connectivity index (χ1v) is 8.78. The molecule has 4 nitrogen and oxygen atoms in total. The Morgan fingerprint density at radius 1 is 1.22 bits per heavy atom. The third-order valence-corrected chi connectivity index (χ3v) is 5.52. The smallest absolute Gasteiger partial charge is 0.129 e. The Kier molecular flexibility index (Phi) is 3.82. The molecule has 0 unspecified atom stereocenters. The van der Waals surface area contributed by atoms with Crippen molar-refractivity contribution in [2.45, 2.75) is 43.8 Å². The Labute approximate surface area is 137 Å². The highest BCUT2D eigenvalue weighted by molar-refractivity contribution is 5.86. The number of piperidine rings is 1. The summed E-state index contributed by atoms with van der Waals surface area (Å²) in [5, 5.41) is 11.5. The van der Waals surface area contributed by atoms with E-state index in [2.05, 4.69) is 47.0 Å². The lowest BCUT2D eigenvalue weighted by Crippen LogP contribution is -2.50. The van der Waals surface area contributed by atoms with E-state index in [1.807, 2.05) is 0 Å². The van der Waals surface area contributed by atoms with Crippen LogP contribution in [0.1, 0.15) is 32.1 Å². The molecule has 0 bridgehead atoms. The average molecular weight is 314 g/mol. The predicted molar refractivity (Wildman–Crippen MR) is 91.8 cm³/mol. The number of fused-ring (bicyclic) bond motifs is 1. The highest BCUT2D eigenvalue weighted by Gasteiger charge is 2.37. The number of hydrogen-bond donors (Lipinski definition) is 1. The van der Waals surface area contributed by atoms with Crippen molar-refractivity contribution in [2.24, 2.45) is 7.05 Å². The van der Waals surface area contributed by atoms with E-state index in [0.29, 0.717) is 0 Å². The fourth-order valence-electron chi connectivity index (χ4n) is 3.90. The first kappa shape index (κ1) is 15.0. The molecule has 2 aliphatic rings. The SMILES string of the molecule is Cn1ccc2c(OC3CCN(CC4(O)CCC4)CC3)cccc21. The van der Waals surface area contributed by atoms with E-state index in [0.717, 1.165) is 51.1 Å². The van der Waals surface area contributed by atoms with Gasteiger partial charge in [-0.2, -0.15) is 0 Å². The molecule has 1 aromatic heterocycles. The molecule has 0 amide bonds. The molecule has 2 fully saturated rings. The Hall–Kier alpha value is -1.52. The number of nitrogens with zero attached hydrogens (tertiary/aromatic N) is 2. The van der Waals surface area contributed by atoms with Gasteiger partial charge in [0.05, 0.1) is 11.1 Å². The zero-order valence-electron chi connectivity index (χ0n) is 13.9. The zero-order valence-corrected chi connectivity index (χ0v) is 13.9. The van der Waals surface area contributed by atoms with Gasteiger partial charge < -0.3 is 19.3 Å². The van der Waals surface area contributed by atoms with E-state index >= 15 is 0 Å². The first-order valence-electron chi connectivity index (χ1n) is 8.78. The van der Waals surface area contributed by atoms with Crippen molar-refractivity contribution >= 4 is 10.9 Å². The topological polar surface area (TPSA) is 37.6 Å². The van der Waals surface area contributed by atoms with Crippen molar-refractivity contribution in [1.29, 1.82) is 0 Å². The van der Waals surface area contributed by atoms with Gasteiger partial charge in [-0.05, 0) is 50.3 Å². The lowest BCUT2D eigenvalue weighted by Gasteiger charge is -2.42. The number of β-amino-alcohol motifs (C(OH)–C–C–N with tert-alkyl or cyclic N) is 1. The minimum Gasteiger partial charge on any atom is -0.490 e. The van der Waals surface area contributed by atoms with Crippen molar-refractivity contribution in [3.8, 4) is 5.75 Å². The lowest BCUT2D eigenvalue weighted by molar-refractivity contribution is -0.0661. The number of ether oxygens (including phenoxy) is 1. The van der Waals surface area contributed by atoms with Crippen LogP contribution in [0.15, 0.2) is 30.5 Å². The van der Waals surface area contributed by atoms with Crippen molar-refractivity contribution < 1.29 is 9.84 Å². The van der Waals surface area contributed by atoms with Crippen LogP contribution >= 0.6 is 0 Å². The van der Waals surface area contributed by atoms with Crippen LogP contribution in [0, 0.1) is 0 Å². The van der Waals surface area contributed by atoms with Gasteiger partial charge in [-0.1, -0.05) is 6.07 Å². The standard InChI is InChI=1S/C19H26N2O2/c1-20-11-8-16-17(20)4-2-5-18(16)23-15-6-12-21(13-7-15)14-19(22)9-3-10-19/h2,4-5,8,11,15,22H,3,6-7,9-10,12-14H2,1H3. The summed E-state index contributed by atoms with van der Waals surface area (Å²) in [6, 6.07) is 8.40. The Balaban J connectivity index is 1.37. The van der Waals surface area contributed by atoms with Crippen LogP contribution in [0.2, 0.25) is 0 Å². The maximum atomic E-state index is 10.3. The third kappa shape index (κ3) is 2.98. The first-order chi connectivity index (χ1) is 11.1. The van der Waals surface area contributed by atoms with Gasteiger partial charge >= 0.3 is 0 Å². The molecule has 1 aliphatic heterocycles. The number of aryl methyl sites for hydroxylation is 1. The van der Waals surface area contributed by atoms with E-state index in [9.17, 15) is 5.11 Å². The maximum absolute atomic E-state index is 10.3. The minimum atomic E-state index is -0.399. The van der Waals surface area contributed by atoms with Crippen LogP contribution in [0.5, 0.6) is 5.75 Å². The van der Waals surface area contributed by atoms with Gasteiger partial charge in [0.15, 0.2) is 0 Å². The van der Waals surface area contributed by atoms with Crippen LogP contribution in [0.25, 0.3) is 10.9 Å². The molecule has 0 atom stereocenters. The number of likely N-dealkylation sites (tertiary alicyclic amines) is 1. The Morgan fingerprint density at radius 3 is 2.70 bits per heavy atom. The van der Waals surface area contributed by atoms with E-state index in [1.165, 1.54) is 17.3 Å². The fraction of sp³-hybridized carbons (Fsp3) is 0.579. The van der Waals surface area contributed by atoms with Crippen LogP contribution in [0.4, 0.5) is 0 Å². The molecule has 0 spiro atoms. The largest absolute Gasteiger partial charge is 0.490 e. The summed E-state index contributed by atoms with van der Waals surface area (Å²) >= 11 is 0. The Bertz CT molecular complexity index is 682. The van der Waals surface area contributed by atoms with Gasteiger partial charge in [0.2, 0.25) is 0 Å². The van der Waals surface area contributed by atoms with Gasteiger partial charge in [0, 0.05) is 38.3 Å². The summed E-state index contributed by atoms with van der Waals surface area (Å²) in [5.74, 6) is 0.999. The molecule has 1 saturated carbocycles. The number of aliphatic hydroxyl groups is 1. The fourth-order valence-corrected chi connectivity index (χ4v) is 3.90. The van der Waals surface area contributed by atoms with Crippen LogP contribution < -0.4 is 4.74 Å². The molecule has 0 radical (unpaired) electrons. The van der Waals surface area contributed by atoms with Crippen molar-refractivity contribution in [2.75, 3.05) is 19.6 Å². The van der Waals surface area contributed by atoms with Gasteiger partial charge in [-0.3, -0.25) is 0 Å². The van der Waals surface area contributed by atoms with Crippen molar-refractivity contribution in [3.63, 3.8) is 0 Å². The lowest BCUT2D eigenvalue weighted by atomic mass is 9.79. The summed E-state index contributed by atoms with van der Waals surface area (Å²) in [6.07, 6.45) is 7.57. The molecule has 1 aromatic carbocycles. The number of rotatable bonds is 4. The second-order valence-corrected chi connectivity index (χ2v) is 7.29. The molecule has 2 aromatic rings. The summed E-state index contributed by atoms with van der Waals surface area (Å²) in [7, 11) is 2.07. The van der Waals surface area contributed by atoms with Gasteiger partial charge in [-0.15, -0.1) is 0 Å². The normalized spacial score (nSPS) is 22.2. The molecule has 124 valence electrons. The molecular weight excluding hydrogens is 288 g/mol. The quantitative estimate of drug-likeness (QED) is 0.943. The van der Waals surface area contributed by atoms with Crippen molar-refractivity contribution in [3.05, 3.63) is 30.5 Å². The van der Waals surface area contributed by atoms with E-state index in [1.54, 1.807) is 0 Å². The molecule has 1 aliphatic carbocycles. The van der Waals surface area contributed by atoms with Crippen LogP contribution in [-0.4, -0.2) is 45.9 Å². The van der Waals surface area contributed by atoms with Crippen LogP contribution in [0.3, 0.4) is 0 Å². The average Bonchev–Trinajstić information content (AvgIpc) is 2.90. The molecule has 1 N–H and O–H groups in total.